The minimum absolute atomic E-state index is 0.0800. The molecular weight excluding hydrogens is 238 g/mol. The van der Waals surface area contributed by atoms with Crippen molar-refractivity contribution in [3.63, 3.8) is 0 Å². The second kappa shape index (κ2) is 5.15. The van der Waals surface area contributed by atoms with E-state index in [-0.39, 0.29) is 5.84 Å². The van der Waals surface area contributed by atoms with Gasteiger partial charge in [0.15, 0.2) is 5.82 Å². The molecule has 1 aromatic rings. The number of rotatable bonds is 2. The number of hydrogen-bond donors (Lipinski definition) is 2. The first-order valence-electron chi connectivity index (χ1n) is 6.83. The van der Waals surface area contributed by atoms with Crippen molar-refractivity contribution >= 4 is 11.7 Å². The lowest BCUT2D eigenvalue weighted by atomic mass is 9.91. The highest BCUT2D eigenvalue weighted by molar-refractivity contribution is 6.01. The molecule has 2 heterocycles. The molecule has 1 aromatic heterocycles. The summed E-state index contributed by atoms with van der Waals surface area (Å²) in [5.74, 6) is 2.12. The van der Waals surface area contributed by atoms with Crippen LogP contribution in [0.2, 0.25) is 0 Å². The highest BCUT2D eigenvalue weighted by Gasteiger charge is 2.26. The van der Waals surface area contributed by atoms with Crippen molar-refractivity contribution in [1.82, 2.24) is 10.2 Å². The van der Waals surface area contributed by atoms with Crippen LogP contribution in [-0.4, -0.2) is 29.1 Å². The highest BCUT2D eigenvalue weighted by atomic mass is 15.3. The van der Waals surface area contributed by atoms with E-state index in [0.29, 0.717) is 11.8 Å². The van der Waals surface area contributed by atoms with E-state index in [2.05, 4.69) is 28.9 Å². The molecule has 0 amide bonds. The molecular formula is C14H23N5. The first kappa shape index (κ1) is 13.8. The molecule has 19 heavy (non-hydrogen) atoms. The van der Waals surface area contributed by atoms with Gasteiger partial charge in [0, 0.05) is 13.1 Å². The molecule has 2 rings (SSSR count). The molecule has 0 aromatic carbocycles. The number of nitrogen functional groups attached to an aromatic ring is 1. The molecule has 0 saturated carbocycles. The lowest BCUT2D eigenvalue weighted by Crippen LogP contribution is -2.40. The first-order valence-corrected chi connectivity index (χ1v) is 6.83. The van der Waals surface area contributed by atoms with Crippen LogP contribution < -0.4 is 10.6 Å². The summed E-state index contributed by atoms with van der Waals surface area (Å²) >= 11 is 0. The van der Waals surface area contributed by atoms with Gasteiger partial charge in [0.05, 0.1) is 11.3 Å². The van der Waals surface area contributed by atoms with Crippen molar-refractivity contribution in [1.29, 1.82) is 5.41 Å². The molecule has 1 saturated heterocycles. The summed E-state index contributed by atoms with van der Waals surface area (Å²) in [5, 5.41) is 16.3. The minimum Gasteiger partial charge on any atom is -0.384 e. The number of hydrogen-bond acceptors (Lipinski definition) is 4. The summed E-state index contributed by atoms with van der Waals surface area (Å²) in [7, 11) is 0. The van der Waals surface area contributed by atoms with Crippen LogP contribution in [0, 0.1) is 31.1 Å². The zero-order chi connectivity index (χ0) is 14.2. The van der Waals surface area contributed by atoms with E-state index < -0.39 is 0 Å². The second-order valence-corrected chi connectivity index (χ2v) is 5.87. The normalized spacial score (nSPS) is 23.5. The molecule has 1 fully saturated rings. The van der Waals surface area contributed by atoms with E-state index in [9.17, 15) is 0 Å². The molecule has 0 bridgehead atoms. The van der Waals surface area contributed by atoms with Crippen molar-refractivity contribution in [2.24, 2.45) is 17.6 Å². The Kier molecular flexibility index (Phi) is 3.73. The van der Waals surface area contributed by atoms with Gasteiger partial charge >= 0.3 is 0 Å². The van der Waals surface area contributed by atoms with Crippen LogP contribution in [0.5, 0.6) is 0 Å². The maximum absolute atomic E-state index is 7.82. The van der Waals surface area contributed by atoms with Gasteiger partial charge in [-0.05, 0) is 37.7 Å². The van der Waals surface area contributed by atoms with Gasteiger partial charge in [0.1, 0.15) is 5.84 Å². The van der Waals surface area contributed by atoms with Crippen molar-refractivity contribution in [2.75, 3.05) is 18.0 Å². The molecule has 2 unspecified atom stereocenters. The predicted molar refractivity (Wildman–Crippen MR) is 77.7 cm³/mol. The fraction of sp³-hybridized carbons (Fsp3) is 0.643. The van der Waals surface area contributed by atoms with Crippen molar-refractivity contribution in [3.8, 4) is 0 Å². The van der Waals surface area contributed by atoms with Crippen LogP contribution in [0.1, 0.15) is 37.1 Å². The van der Waals surface area contributed by atoms with Gasteiger partial charge in [-0.2, -0.15) is 5.10 Å². The van der Waals surface area contributed by atoms with Crippen LogP contribution in [0.15, 0.2) is 0 Å². The van der Waals surface area contributed by atoms with Gasteiger partial charge in [-0.3, -0.25) is 5.41 Å². The lowest BCUT2D eigenvalue weighted by Gasteiger charge is -2.36. The second-order valence-electron chi connectivity index (χ2n) is 5.87. The average molecular weight is 261 g/mol. The zero-order valence-corrected chi connectivity index (χ0v) is 12.2. The van der Waals surface area contributed by atoms with E-state index in [1.54, 1.807) is 0 Å². The van der Waals surface area contributed by atoms with Gasteiger partial charge in [-0.1, -0.05) is 13.8 Å². The maximum atomic E-state index is 7.82. The van der Waals surface area contributed by atoms with Crippen molar-refractivity contribution in [2.45, 2.75) is 34.1 Å². The number of anilines is 1. The molecule has 104 valence electrons. The third kappa shape index (κ3) is 2.69. The Labute approximate surface area is 114 Å². The number of nitrogens with two attached hydrogens (primary N) is 1. The van der Waals surface area contributed by atoms with Crippen molar-refractivity contribution < 1.29 is 0 Å². The standard InChI is InChI=1S/C14H23N5/c1-8-5-9(2)7-19(6-8)14-12(13(15)16)10(3)11(4)17-18-14/h8-9H,5-7H2,1-4H3,(H3,15,16). The summed E-state index contributed by atoms with van der Waals surface area (Å²) in [6.45, 7) is 10.3. The summed E-state index contributed by atoms with van der Waals surface area (Å²) in [6.07, 6.45) is 1.24. The molecule has 0 radical (unpaired) electrons. The Morgan fingerprint density at radius 3 is 2.32 bits per heavy atom. The van der Waals surface area contributed by atoms with E-state index in [0.717, 1.165) is 35.7 Å². The summed E-state index contributed by atoms with van der Waals surface area (Å²) in [5.41, 5.74) is 8.29. The molecule has 5 heteroatoms. The summed E-state index contributed by atoms with van der Waals surface area (Å²) < 4.78 is 0. The number of amidine groups is 1. The van der Waals surface area contributed by atoms with Gasteiger partial charge < -0.3 is 10.6 Å². The third-order valence-electron chi connectivity index (χ3n) is 3.87. The maximum Gasteiger partial charge on any atom is 0.162 e. The fourth-order valence-corrected chi connectivity index (χ4v) is 2.98. The SMILES string of the molecule is Cc1nnc(N2CC(C)CC(C)C2)c(C(=N)N)c1C. The number of aryl methyl sites for hydroxylation is 1. The Morgan fingerprint density at radius 2 is 1.79 bits per heavy atom. The lowest BCUT2D eigenvalue weighted by molar-refractivity contribution is 0.354. The molecule has 3 N–H and O–H groups in total. The Balaban J connectivity index is 2.44. The molecule has 2 atom stereocenters. The van der Waals surface area contributed by atoms with E-state index in [1.165, 1.54) is 6.42 Å². The highest BCUT2D eigenvalue weighted by Crippen LogP contribution is 2.28. The van der Waals surface area contributed by atoms with Gasteiger partial charge in [-0.25, -0.2) is 0 Å². The quantitative estimate of drug-likeness (QED) is 0.629. The van der Waals surface area contributed by atoms with Gasteiger partial charge in [0.25, 0.3) is 0 Å². The molecule has 5 nitrogen and oxygen atoms in total. The number of piperidine rings is 1. The van der Waals surface area contributed by atoms with Crippen LogP contribution >= 0.6 is 0 Å². The Bertz CT molecular complexity index is 487. The number of aromatic nitrogens is 2. The minimum atomic E-state index is 0.0800. The first-order chi connectivity index (χ1) is 8.90. The van der Waals surface area contributed by atoms with Crippen LogP contribution in [0.4, 0.5) is 5.82 Å². The smallest absolute Gasteiger partial charge is 0.162 e. The third-order valence-corrected chi connectivity index (χ3v) is 3.87. The van der Waals surface area contributed by atoms with Crippen LogP contribution in [0.3, 0.4) is 0 Å². The van der Waals surface area contributed by atoms with Gasteiger partial charge in [-0.15, -0.1) is 5.10 Å². The molecule has 0 spiro atoms. The number of nitrogens with zero attached hydrogens (tertiary/aromatic N) is 3. The molecule has 0 aliphatic carbocycles. The topological polar surface area (TPSA) is 78.9 Å². The van der Waals surface area contributed by atoms with Crippen LogP contribution in [-0.2, 0) is 0 Å². The largest absolute Gasteiger partial charge is 0.384 e. The fourth-order valence-electron chi connectivity index (χ4n) is 2.98. The van der Waals surface area contributed by atoms with E-state index >= 15 is 0 Å². The summed E-state index contributed by atoms with van der Waals surface area (Å²) in [6, 6.07) is 0. The van der Waals surface area contributed by atoms with Gasteiger partial charge in [0.2, 0.25) is 0 Å². The zero-order valence-electron chi connectivity index (χ0n) is 12.2. The molecule has 1 aliphatic heterocycles. The van der Waals surface area contributed by atoms with Crippen molar-refractivity contribution in [3.05, 3.63) is 16.8 Å². The molecule has 1 aliphatic rings. The summed E-state index contributed by atoms with van der Waals surface area (Å²) in [4.78, 5) is 2.23. The predicted octanol–water partition coefficient (Wildman–Crippen LogP) is 1.86. The Morgan fingerprint density at radius 1 is 1.21 bits per heavy atom. The van der Waals surface area contributed by atoms with Crippen LogP contribution in [0.25, 0.3) is 0 Å². The van der Waals surface area contributed by atoms with E-state index in [1.807, 2.05) is 13.8 Å². The Hall–Kier alpha value is -1.65. The monoisotopic (exact) mass is 261 g/mol. The average Bonchev–Trinajstić information content (AvgIpc) is 2.30. The number of nitrogens with one attached hydrogen (secondary N) is 1. The van der Waals surface area contributed by atoms with E-state index in [4.69, 9.17) is 11.1 Å².